The number of carbonyl (C=O) groups excluding carboxylic acids is 1. The molecule has 6 aliphatic rings. The van der Waals surface area contributed by atoms with E-state index in [-0.39, 0.29) is 203 Å². The van der Waals surface area contributed by atoms with E-state index in [1.165, 1.54) is 58.7 Å². The molecule has 6 aliphatic heterocycles. The monoisotopic (exact) mass is 2340 g/mol. The number of nitrogens with zero attached hydrogens (tertiary/aromatic N) is 12. The van der Waals surface area contributed by atoms with Crippen LogP contribution in [0.3, 0.4) is 0 Å². The minimum atomic E-state index is -0.239. The van der Waals surface area contributed by atoms with Crippen molar-refractivity contribution in [2.24, 2.45) is 0 Å². The van der Waals surface area contributed by atoms with Crippen LogP contribution in [0.15, 0.2) is 232 Å². The molecule has 3 saturated heterocycles. The number of nitrogens with two attached hydrogens (primary N) is 3. The Morgan fingerprint density at radius 1 is 0.515 bits per heavy atom. The van der Waals surface area contributed by atoms with Gasteiger partial charge in [-0.25, -0.2) is 59.8 Å². The SMILES string of the molecule is CC1(C)OB(C2=CCOCC2)OC1(C)C.Clc1nc2ccccc2s1.Clc1ncncc1C1=CCOCC1.Clc1ncncc1I.Nc1ccc(O)cc1.Nc1ccc(Oc2ncncc2C2=CCOCC2)cc1.Nc1ccc(Oc2ncncc2C2CCOCC2)cc1.O.O.O=CO[O-].[Cs+].[Cs+].[H-].[HH].[Pd].c1ccc2sc(Nc3ccc(Oc4ncncc4C4CCOCC4)cc3)nc2c1. The van der Waals surface area contributed by atoms with Crippen LogP contribution < -0.4 is 180 Å². The number of hydrogen-bond donors (Lipinski definition) is 5. The number of aromatic nitrogens is 12. The summed E-state index contributed by atoms with van der Waals surface area (Å²) in [5.41, 5.74) is 28.7. The van der Waals surface area contributed by atoms with Crippen molar-refractivity contribution in [1.29, 1.82) is 0 Å². The van der Waals surface area contributed by atoms with Crippen LogP contribution >= 0.6 is 80.1 Å². The summed E-state index contributed by atoms with van der Waals surface area (Å²) in [5, 5.41) is 22.4. The number of aromatic hydroxyl groups is 1. The molecule has 0 unspecified atom stereocenters. The molecule has 0 bridgehead atoms. The first-order chi connectivity index (χ1) is 61.7. The van der Waals surface area contributed by atoms with Gasteiger partial charge in [-0.1, -0.05) is 88.6 Å². The van der Waals surface area contributed by atoms with Crippen LogP contribution in [-0.4, -0.2) is 167 Å². The number of nitrogens with one attached hydrogen (secondary N) is 1. The van der Waals surface area contributed by atoms with Crippen molar-refractivity contribution in [2.75, 3.05) is 88.6 Å². The summed E-state index contributed by atoms with van der Waals surface area (Å²) in [5.74, 6) is 4.99. The quantitative estimate of drug-likeness (QED) is 0.00986. The molecule has 0 spiro atoms. The van der Waals surface area contributed by atoms with E-state index in [9.17, 15) is 0 Å². The Labute approximate surface area is 936 Å². The van der Waals surface area contributed by atoms with Gasteiger partial charge < -0.3 is 97.4 Å². The fraction of sp³-hybridized carbons (Fsp3) is 0.278. The van der Waals surface area contributed by atoms with Gasteiger partial charge in [0, 0.05) is 119 Å². The smallest absolute Gasteiger partial charge is 1.00 e. The third-order valence-corrected chi connectivity index (χ3v) is 23.7. The van der Waals surface area contributed by atoms with Crippen molar-refractivity contribution in [1.82, 2.24) is 59.8 Å². The zero-order valence-corrected chi connectivity index (χ0v) is 93.4. The molecule has 692 valence electrons. The van der Waals surface area contributed by atoms with Gasteiger partial charge in [0.05, 0.1) is 80.4 Å². The van der Waals surface area contributed by atoms with Gasteiger partial charge in [-0.3, -0.25) is 4.79 Å². The first-order valence-corrected chi connectivity index (χ1v) is 44.1. The van der Waals surface area contributed by atoms with E-state index in [1.54, 1.807) is 66.3 Å². The molecule has 132 heavy (non-hydrogen) atoms. The average molecular weight is 2340 g/mol. The van der Waals surface area contributed by atoms with Crippen molar-refractivity contribution in [2.45, 2.75) is 95.7 Å². The molecule has 0 radical (unpaired) electrons. The number of nitrogen functional groups attached to an aromatic ring is 3. The number of para-hydroxylation sites is 2. The van der Waals surface area contributed by atoms with Gasteiger partial charge in [0.25, 0.3) is 6.47 Å². The second-order valence-corrected chi connectivity index (χ2v) is 33.6. The van der Waals surface area contributed by atoms with E-state index >= 15 is 0 Å². The minimum Gasteiger partial charge on any atom is -1.00 e. The zero-order chi connectivity index (χ0) is 89.6. The molecule has 32 nitrogen and oxygen atoms in total. The number of ether oxygens (including phenoxy) is 8. The van der Waals surface area contributed by atoms with Crippen LogP contribution in [0.4, 0.5) is 27.9 Å². The molecule has 0 saturated carbocycles. The molecule has 0 atom stereocenters. The number of phenolic OH excluding ortho intramolecular Hbond substituents is 1. The van der Waals surface area contributed by atoms with Crippen molar-refractivity contribution >= 4 is 153 Å². The third kappa shape index (κ3) is 37.5. The summed E-state index contributed by atoms with van der Waals surface area (Å²) in [6.07, 6.45) is 28.9. The molecule has 13 heterocycles. The van der Waals surface area contributed by atoms with Crippen molar-refractivity contribution < 1.29 is 239 Å². The molecule has 3 fully saturated rings. The number of fused-ring (bicyclic) bond motifs is 2. The molecule has 19 rings (SSSR count). The number of anilines is 5. The van der Waals surface area contributed by atoms with Crippen LogP contribution in [0, 0.1) is 3.57 Å². The molecule has 6 aromatic carbocycles. The summed E-state index contributed by atoms with van der Waals surface area (Å²) in [7, 11) is -0.182. The molecule has 13 aromatic rings. The normalized spacial score (nSPS) is 14.9. The summed E-state index contributed by atoms with van der Waals surface area (Å²) >= 11 is 22.4. The number of phenols is 1. The maximum atomic E-state index is 8.70. The van der Waals surface area contributed by atoms with Crippen molar-refractivity contribution in [3.05, 3.63) is 273 Å². The van der Waals surface area contributed by atoms with Gasteiger partial charge in [-0.05, 0) is 245 Å². The predicted octanol–water partition coefficient (Wildman–Crippen LogP) is 11.6. The summed E-state index contributed by atoms with van der Waals surface area (Å²) in [6.45, 7) is 15.4. The number of carbonyl (C=O) groups is 1. The van der Waals surface area contributed by atoms with E-state index in [1.807, 2.05) is 128 Å². The molecule has 0 amide bonds. The number of halogens is 4. The first-order valence-electron chi connectivity index (χ1n) is 40.2. The standard InChI is InChI=1S/C22H20N4O2S.C15H17N3O2.C15H15N3O2.C11H19BO3.C9H9ClN2O.C7H4ClNS.C6H7NO.C4H2ClIN2.CH2O3.2Cs.2H2O.Pd.H2.H/c1-2-4-20-19(3-1)26-22(29-20)25-16-5-7-17(8-6-16)28-21-18(13-23-14-24-21)15-9-11-27-12-10-15;2*16-12-1-3-13(4-2-12)20-15-14(9-17-10-18-15)11-5-7-19-8-6-11;1-10(2)11(3,4)15-12(14-10)9-5-7-13-8-6-9;10-9-8(5-11-6-12-9)7-1-3-13-4-2-7;8-7-9-5-3-1-2-4-6(5)10-7;7-5-1-3-6(8)4-2-5;5-4-3(6)1-7-2-8-4;2-1-4-3;;;;;;;/h1-8,13-15H,9-12H2,(H,25,26);1-4,9-11H,5-8,16H2;1-5,9-10H,6-8,16H2;5H,6-8H2,1-4H3;1,5-6H,2-4H2;1-4H;1-4,8H,7H2;1-2H;1,3H;;;2*1H2;;1H;/q;;;;;;;;;2*+1;;;;;-1/p-1. The molecule has 12 N–H and O–H groups in total. The van der Waals surface area contributed by atoms with E-state index in [2.05, 4.69) is 132 Å². The fourth-order valence-corrected chi connectivity index (χ4v) is 15.1. The fourth-order valence-electron chi connectivity index (χ4n) is 12.5. The van der Waals surface area contributed by atoms with E-state index in [0.717, 1.165) is 154 Å². The summed E-state index contributed by atoms with van der Waals surface area (Å²) in [6, 6.07) is 44.8. The van der Waals surface area contributed by atoms with E-state index in [0.29, 0.717) is 93.5 Å². The maximum absolute atomic E-state index is 8.70. The molecular formula is C90H101BCl3Cs2IN16O16PdS2. The Kier molecular flexibility index (Phi) is 52.9. The number of thiazole rings is 2. The maximum Gasteiger partial charge on any atom is 1.00 e. The van der Waals surface area contributed by atoms with Crippen LogP contribution in [0.2, 0.25) is 14.8 Å². The van der Waals surface area contributed by atoms with Crippen LogP contribution in [0.1, 0.15) is 110 Å². The number of hydrogen-bond acceptors (Lipinski definition) is 32. The number of benzene rings is 6. The zero-order valence-electron chi connectivity index (χ0n) is 74.2. The third-order valence-electron chi connectivity index (χ3n) is 19.9. The van der Waals surface area contributed by atoms with Crippen LogP contribution in [0.5, 0.6) is 40.6 Å². The Balaban J connectivity index is 0.000000326. The Morgan fingerprint density at radius 2 is 0.917 bits per heavy atom. The molecule has 0 aliphatic carbocycles. The van der Waals surface area contributed by atoms with Gasteiger partial charge >= 0.3 is 145 Å². The molecule has 7 aromatic heterocycles. The second-order valence-electron chi connectivity index (χ2n) is 29.1. The van der Waals surface area contributed by atoms with E-state index in [4.69, 9.17) is 114 Å². The summed E-state index contributed by atoms with van der Waals surface area (Å²) in [4.78, 5) is 60.6. The summed E-state index contributed by atoms with van der Waals surface area (Å²) < 4.78 is 60.2. The van der Waals surface area contributed by atoms with Crippen molar-refractivity contribution in [3.63, 3.8) is 0 Å². The molecular weight excluding hydrogens is 2240 g/mol. The molecule has 42 heteroatoms. The topological polar surface area (TPSA) is 470 Å². The first kappa shape index (κ1) is 114. The van der Waals surface area contributed by atoms with Gasteiger partial charge in [0.1, 0.15) is 64.9 Å². The minimum absolute atomic E-state index is 0. The predicted molar refractivity (Wildman–Crippen MR) is 511 cm³/mol. The Hall–Kier alpha value is -6.38. The second kappa shape index (κ2) is 61.1. The number of rotatable bonds is 14. The average Bonchev–Trinajstić information content (AvgIpc) is 1.62. The largest absolute Gasteiger partial charge is 1.00 e. The van der Waals surface area contributed by atoms with E-state index < -0.39 is 0 Å². The Morgan fingerprint density at radius 3 is 1.34 bits per heavy atom. The van der Waals surface area contributed by atoms with Gasteiger partial charge in [-0.15, -0.1) is 11.3 Å². The Bertz CT molecular complexity index is 5600. The van der Waals surface area contributed by atoms with Gasteiger partial charge in [0.2, 0.25) is 17.6 Å². The van der Waals surface area contributed by atoms with Crippen molar-refractivity contribution in [3.8, 4) is 40.6 Å². The van der Waals surface area contributed by atoms with Gasteiger partial charge in [-0.2, -0.15) is 0 Å². The van der Waals surface area contributed by atoms with Crippen LogP contribution in [0.25, 0.3) is 31.6 Å². The van der Waals surface area contributed by atoms with Gasteiger partial charge in [0.15, 0.2) is 9.60 Å². The van der Waals surface area contributed by atoms with Crippen LogP contribution in [-0.2, 0) is 63.1 Å².